The van der Waals surface area contributed by atoms with E-state index in [-0.39, 0.29) is 5.91 Å². The van der Waals surface area contributed by atoms with Gasteiger partial charge in [-0.1, -0.05) is 6.07 Å². The minimum absolute atomic E-state index is 0.183. The van der Waals surface area contributed by atoms with Gasteiger partial charge >= 0.3 is 0 Å². The number of hydrogen-bond acceptors (Lipinski definition) is 6. The van der Waals surface area contributed by atoms with Crippen molar-refractivity contribution < 1.29 is 14.3 Å². The van der Waals surface area contributed by atoms with Crippen molar-refractivity contribution in [1.29, 1.82) is 0 Å². The number of aromatic nitrogens is 4. The van der Waals surface area contributed by atoms with Crippen LogP contribution in [-0.2, 0) is 6.54 Å². The third-order valence-corrected chi connectivity index (χ3v) is 5.87. The van der Waals surface area contributed by atoms with Crippen molar-refractivity contribution in [2.75, 3.05) is 14.2 Å². The number of nitrogens with one attached hydrogen (secondary N) is 1. The highest BCUT2D eigenvalue weighted by Crippen LogP contribution is 2.40. The molecular weight excluding hydrogens is 418 g/mol. The van der Waals surface area contributed by atoms with Crippen LogP contribution in [0.1, 0.15) is 46.1 Å². The number of nitrogens with zero attached hydrogens (tertiary/aromatic N) is 4. The maximum Gasteiger partial charge on any atom is 0.252 e. The minimum Gasteiger partial charge on any atom is -0.497 e. The van der Waals surface area contributed by atoms with Crippen molar-refractivity contribution in [3.63, 3.8) is 0 Å². The first-order valence-electron chi connectivity index (χ1n) is 10.9. The maximum atomic E-state index is 13.4. The fraction of sp³-hybridized carbons (Fsp3) is 0.280. The highest BCUT2D eigenvalue weighted by molar-refractivity contribution is 6.06. The first-order valence-corrected chi connectivity index (χ1v) is 10.9. The molecule has 8 heteroatoms. The van der Waals surface area contributed by atoms with Crippen molar-refractivity contribution in [3.05, 3.63) is 71.2 Å². The number of carbonyl (C=O) groups excluding carboxylic acids is 1. The van der Waals surface area contributed by atoms with Crippen LogP contribution >= 0.6 is 0 Å². The van der Waals surface area contributed by atoms with E-state index in [1.807, 2.05) is 49.4 Å². The van der Waals surface area contributed by atoms with E-state index in [1.54, 1.807) is 25.1 Å². The average molecular weight is 444 g/mol. The summed E-state index contributed by atoms with van der Waals surface area (Å²) in [5, 5.41) is 8.44. The van der Waals surface area contributed by atoms with E-state index in [9.17, 15) is 4.79 Å². The Morgan fingerprint density at radius 3 is 2.70 bits per heavy atom. The van der Waals surface area contributed by atoms with Crippen LogP contribution in [0.4, 0.5) is 0 Å². The summed E-state index contributed by atoms with van der Waals surface area (Å²) in [7, 11) is 3.22. The lowest BCUT2D eigenvalue weighted by atomic mass is 10.1. The molecule has 0 spiro atoms. The number of carbonyl (C=O) groups is 1. The van der Waals surface area contributed by atoms with Gasteiger partial charge in [-0.25, -0.2) is 9.97 Å². The molecule has 0 saturated heterocycles. The van der Waals surface area contributed by atoms with Gasteiger partial charge in [0, 0.05) is 29.9 Å². The van der Waals surface area contributed by atoms with Gasteiger partial charge < -0.3 is 14.8 Å². The Morgan fingerprint density at radius 1 is 1.15 bits per heavy atom. The van der Waals surface area contributed by atoms with Crippen molar-refractivity contribution >= 4 is 16.9 Å². The predicted molar refractivity (Wildman–Crippen MR) is 124 cm³/mol. The molecule has 0 aliphatic heterocycles. The van der Waals surface area contributed by atoms with Crippen molar-refractivity contribution in [2.24, 2.45) is 0 Å². The lowest BCUT2D eigenvalue weighted by Crippen LogP contribution is -2.24. The molecule has 168 valence electrons. The number of hydrogen-bond donors (Lipinski definition) is 1. The highest BCUT2D eigenvalue weighted by atomic mass is 16.5. The molecule has 0 radical (unpaired) electrons. The number of benzene rings is 1. The smallest absolute Gasteiger partial charge is 0.252 e. The summed E-state index contributed by atoms with van der Waals surface area (Å²) in [5.41, 5.74) is 3.71. The molecule has 4 aromatic rings. The number of ether oxygens (including phenoxy) is 2. The van der Waals surface area contributed by atoms with E-state index in [0.29, 0.717) is 41.0 Å². The summed E-state index contributed by atoms with van der Waals surface area (Å²) in [6.07, 6.45) is 3.88. The molecule has 1 N–H and O–H groups in total. The van der Waals surface area contributed by atoms with Gasteiger partial charge in [0.25, 0.3) is 5.91 Å². The molecule has 0 unspecified atom stereocenters. The Morgan fingerprint density at radius 2 is 2.00 bits per heavy atom. The number of aryl methyl sites for hydroxylation is 1. The fourth-order valence-electron chi connectivity index (χ4n) is 4.01. The van der Waals surface area contributed by atoms with E-state index in [4.69, 9.17) is 14.5 Å². The highest BCUT2D eigenvalue weighted by Gasteiger charge is 2.29. The van der Waals surface area contributed by atoms with Gasteiger partial charge in [0.1, 0.15) is 11.5 Å². The second-order valence-electron chi connectivity index (χ2n) is 8.11. The summed E-state index contributed by atoms with van der Waals surface area (Å²) in [5.74, 6) is 2.26. The first kappa shape index (κ1) is 20.9. The molecule has 8 nitrogen and oxygen atoms in total. The molecule has 3 heterocycles. The molecular formula is C25H25N5O3. The Balaban J connectivity index is 1.54. The van der Waals surface area contributed by atoms with Gasteiger partial charge in [-0.3, -0.25) is 4.79 Å². The lowest BCUT2D eigenvalue weighted by molar-refractivity contribution is 0.0952. The molecule has 1 saturated carbocycles. The van der Waals surface area contributed by atoms with Gasteiger partial charge in [0.15, 0.2) is 11.5 Å². The largest absolute Gasteiger partial charge is 0.497 e. The lowest BCUT2D eigenvalue weighted by Gasteiger charge is -2.12. The molecule has 1 amide bonds. The van der Waals surface area contributed by atoms with Crippen LogP contribution in [0, 0.1) is 6.92 Å². The van der Waals surface area contributed by atoms with Crippen LogP contribution in [0.25, 0.3) is 16.9 Å². The van der Waals surface area contributed by atoms with Crippen LogP contribution in [0.5, 0.6) is 11.5 Å². The topological polar surface area (TPSA) is 91.2 Å². The van der Waals surface area contributed by atoms with Crippen LogP contribution in [0.3, 0.4) is 0 Å². The summed E-state index contributed by atoms with van der Waals surface area (Å²) in [4.78, 5) is 22.7. The second kappa shape index (κ2) is 8.54. The molecule has 5 rings (SSSR count). The summed E-state index contributed by atoms with van der Waals surface area (Å²) in [6.45, 7) is 2.19. The van der Waals surface area contributed by atoms with Crippen LogP contribution in [0.15, 0.2) is 48.7 Å². The second-order valence-corrected chi connectivity index (χ2v) is 8.11. The predicted octanol–water partition coefficient (Wildman–Crippen LogP) is 3.95. The Bertz CT molecular complexity index is 1330. The molecule has 3 aromatic heterocycles. The third-order valence-electron chi connectivity index (χ3n) is 5.87. The van der Waals surface area contributed by atoms with E-state index >= 15 is 0 Å². The Hall–Kier alpha value is -3.94. The number of pyridine rings is 2. The zero-order valence-corrected chi connectivity index (χ0v) is 18.8. The average Bonchev–Trinajstić information content (AvgIpc) is 3.66. The van der Waals surface area contributed by atoms with Crippen LogP contribution in [0.2, 0.25) is 0 Å². The van der Waals surface area contributed by atoms with E-state index in [0.717, 1.165) is 35.2 Å². The summed E-state index contributed by atoms with van der Waals surface area (Å²) in [6, 6.07) is 13.1. The maximum absolute atomic E-state index is 13.4. The summed E-state index contributed by atoms with van der Waals surface area (Å²) >= 11 is 0. The molecule has 1 aliphatic rings. The molecule has 1 fully saturated rings. The summed E-state index contributed by atoms with van der Waals surface area (Å²) < 4.78 is 12.5. The zero-order valence-electron chi connectivity index (χ0n) is 18.8. The number of methoxy groups -OCH3 is 2. The quantitative estimate of drug-likeness (QED) is 0.465. The van der Waals surface area contributed by atoms with Gasteiger partial charge in [-0.05, 0) is 56.2 Å². The number of rotatable bonds is 7. The molecule has 1 aliphatic carbocycles. The standard InChI is InChI=1S/C25H25N5O3/c1-15-23-19(25(31)27-14-17-12-18(32-2)9-10-21(17)33-3)13-20(16-7-8-16)28-24(23)30(29-15)22-6-4-5-11-26-22/h4-6,9-13,16H,7-8,14H2,1-3H3,(H,27,31). The normalized spacial score (nSPS) is 13.2. The van der Waals surface area contributed by atoms with Gasteiger partial charge in [0.05, 0.1) is 30.9 Å². The van der Waals surface area contributed by atoms with E-state index in [1.165, 1.54) is 0 Å². The Kier molecular flexibility index (Phi) is 5.42. The fourth-order valence-corrected chi connectivity index (χ4v) is 4.01. The first-order chi connectivity index (χ1) is 16.1. The van der Waals surface area contributed by atoms with Crippen molar-refractivity contribution in [1.82, 2.24) is 25.1 Å². The van der Waals surface area contributed by atoms with Crippen molar-refractivity contribution in [2.45, 2.75) is 32.2 Å². The molecule has 0 atom stereocenters. The minimum atomic E-state index is -0.183. The SMILES string of the molecule is COc1ccc(OC)c(CNC(=O)c2cc(C3CC3)nc3c2c(C)nn3-c2ccccn2)c1. The van der Waals surface area contributed by atoms with Gasteiger partial charge in [0.2, 0.25) is 0 Å². The van der Waals surface area contributed by atoms with E-state index in [2.05, 4.69) is 15.4 Å². The van der Waals surface area contributed by atoms with Gasteiger partial charge in [-0.2, -0.15) is 9.78 Å². The third kappa shape index (κ3) is 4.00. The van der Waals surface area contributed by atoms with Gasteiger partial charge in [-0.15, -0.1) is 0 Å². The molecule has 0 bridgehead atoms. The number of fused-ring (bicyclic) bond motifs is 1. The monoisotopic (exact) mass is 443 g/mol. The number of amides is 1. The van der Waals surface area contributed by atoms with Crippen LogP contribution in [-0.4, -0.2) is 39.9 Å². The zero-order chi connectivity index (χ0) is 22.9. The van der Waals surface area contributed by atoms with Crippen LogP contribution < -0.4 is 14.8 Å². The van der Waals surface area contributed by atoms with E-state index < -0.39 is 0 Å². The molecule has 1 aromatic carbocycles. The van der Waals surface area contributed by atoms with Crippen molar-refractivity contribution in [3.8, 4) is 17.3 Å². The molecule has 33 heavy (non-hydrogen) atoms. The Labute approximate surface area is 191 Å².